The molecule has 4 amide bonds. The van der Waals surface area contributed by atoms with Gasteiger partial charge in [-0.05, 0) is 18.4 Å². The predicted molar refractivity (Wildman–Crippen MR) is 124 cm³/mol. The molecular formula is C22H31N5O9. The molecule has 10 N–H and O–H groups in total. The van der Waals surface area contributed by atoms with E-state index >= 15 is 0 Å². The zero-order valence-electron chi connectivity index (χ0n) is 19.4. The average Bonchev–Trinajstić information content (AvgIpc) is 2.82. The number of carboxylic acid groups (broad SMARTS) is 2. The molecule has 1 aromatic carbocycles. The van der Waals surface area contributed by atoms with Crippen LogP contribution >= 0.6 is 0 Å². The fraction of sp³-hybridized carbons (Fsp3) is 0.455. The van der Waals surface area contributed by atoms with Crippen molar-refractivity contribution in [2.24, 2.45) is 11.5 Å². The van der Waals surface area contributed by atoms with E-state index in [1.54, 1.807) is 30.3 Å². The number of aliphatic hydroxyl groups excluding tert-OH is 1. The van der Waals surface area contributed by atoms with Crippen LogP contribution in [0.25, 0.3) is 0 Å². The average molecular weight is 510 g/mol. The van der Waals surface area contributed by atoms with E-state index in [0.717, 1.165) is 0 Å². The molecule has 14 nitrogen and oxygen atoms in total. The Morgan fingerprint density at radius 3 is 1.86 bits per heavy atom. The van der Waals surface area contributed by atoms with Crippen molar-refractivity contribution in [2.45, 2.75) is 56.3 Å². The summed E-state index contributed by atoms with van der Waals surface area (Å²) >= 11 is 0. The van der Waals surface area contributed by atoms with Gasteiger partial charge in [0.05, 0.1) is 12.6 Å². The van der Waals surface area contributed by atoms with E-state index in [0.29, 0.717) is 5.56 Å². The number of carbonyl (C=O) groups is 6. The number of amides is 4. The van der Waals surface area contributed by atoms with Crippen LogP contribution in [0.2, 0.25) is 0 Å². The van der Waals surface area contributed by atoms with E-state index in [-0.39, 0.29) is 32.1 Å². The third-order valence-electron chi connectivity index (χ3n) is 5.03. The van der Waals surface area contributed by atoms with Crippen LogP contribution in [0, 0.1) is 0 Å². The minimum Gasteiger partial charge on any atom is -0.481 e. The van der Waals surface area contributed by atoms with Gasteiger partial charge in [0.1, 0.15) is 18.1 Å². The Hall–Kier alpha value is -4.04. The lowest BCUT2D eigenvalue weighted by Gasteiger charge is -2.25. The number of benzene rings is 1. The summed E-state index contributed by atoms with van der Waals surface area (Å²) in [6, 6.07) is 2.97. The molecule has 0 spiro atoms. The first kappa shape index (κ1) is 30.0. The molecule has 0 bridgehead atoms. The minimum absolute atomic E-state index is 0.0252. The first-order valence-corrected chi connectivity index (χ1v) is 11.0. The minimum atomic E-state index is -1.66. The van der Waals surface area contributed by atoms with E-state index in [4.69, 9.17) is 26.8 Å². The summed E-state index contributed by atoms with van der Waals surface area (Å²) in [5, 5.41) is 33.9. The highest BCUT2D eigenvalue weighted by molar-refractivity contribution is 5.94. The Bertz CT molecular complexity index is 941. The van der Waals surface area contributed by atoms with Gasteiger partial charge in [0, 0.05) is 19.3 Å². The quantitative estimate of drug-likeness (QED) is 0.114. The second-order valence-electron chi connectivity index (χ2n) is 7.94. The number of hydrogen-bond donors (Lipinski definition) is 8. The molecule has 0 aliphatic heterocycles. The molecule has 0 aliphatic rings. The summed E-state index contributed by atoms with van der Waals surface area (Å²) in [6.45, 7) is -0.918. The van der Waals surface area contributed by atoms with Crippen LogP contribution in [0.3, 0.4) is 0 Å². The Morgan fingerprint density at radius 1 is 0.778 bits per heavy atom. The zero-order chi connectivity index (χ0) is 27.3. The van der Waals surface area contributed by atoms with E-state index < -0.39 is 66.3 Å². The van der Waals surface area contributed by atoms with Gasteiger partial charge in [-0.25, -0.2) is 4.79 Å². The lowest BCUT2D eigenvalue weighted by Crippen LogP contribution is -2.58. The molecule has 4 atom stereocenters. The van der Waals surface area contributed by atoms with Crippen molar-refractivity contribution in [3.63, 3.8) is 0 Å². The Kier molecular flexibility index (Phi) is 12.5. The molecule has 0 aliphatic carbocycles. The summed E-state index contributed by atoms with van der Waals surface area (Å²) in [6.07, 6.45) is -1.18. The monoisotopic (exact) mass is 509 g/mol. The number of rotatable bonds is 16. The van der Waals surface area contributed by atoms with E-state index in [2.05, 4.69) is 16.0 Å². The SMILES string of the molecule is NC(=O)CCC(NC(=O)C(Cc1ccccc1)NC(=O)C(N)CCC(=O)O)C(=O)NC(CO)C(=O)O. The van der Waals surface area contributed by atoms with Crippen LogP contribution in [0.5, 0.6) is 0 Å². The third kappa shape index (κ3) is 10.9. The first-order valence-electron chi connectivity index (χ1n) is 11.0. The van der Waals surface area contributed by atoms with Gasteiger partial charge in [-0.2, -0.15) is 0 Å². The van der Waals surface area contributed by atoms with Gasteiger partial charge in [0.15, 0.2) is 0 Å². The molecule has 0 saturated carbocycles. The molecule has 0 radical (unpaired) electrons. The summed E-state index contributed by atoms with van der Waals surface area (Å²) in [4.78, 5) is 71.3. The van der Waals surface area contributed by atoms with Gasteiger partial charge >= 0.3 is 11.9 Å². The standard InChI is InChI=1S/C22H31N5O9/c23-13(6-9-18(30)31)19(32)26-15(10-12-4-2-1-3-5-12)21(34)25-14(7-8-17(24)29)20(33)27-16(11-28)22(35)36/h1-5,13-16,28H,6-11,23H2,(H2,24,29)(H,25,34)(H,26,32)(H,27,33)(H,30,31)(H,35,36). The largest absolute Gasteiger partial charge is 0.481 e. The number of primary amides is 1. The van der Waals surface area contributed by atoms with Crippen molar-refractivity contribution < 1.29 is 44.1 Å². The van der Waals surface area contributed by atoms with Crippen molar-refractivity contribution >= 4 is 35.6 Å². The highest BCUT2D eigenvalue weighted by atomic mass is 16.4. The maximum Gasteiger partial charge on any atom is 0.328 e. The Morgan fingerprint density at radius 2 is 1.33 bits per heavy atom. The van der Waals surface area contributed by atoms with Crippen LogP contribution in [-0.2, 0) is 35.2 Å². The zero-order valence-corrected chi connectivity index (χ0v) is 19.4. The maximum atomic E-state index is 13.1. The lowest BCUT2D eigenvalue weighted by atomic mass is 10.0. The van der Waals surface area contributed by atoms with Crippen molar-refractivity contribution in [3.8, 4) is 0 Å². The normalized spacial score (nSPS) is 13.9. The van der Waals surface area contributed by atoms with Crippen molar-refractivity contribution in [2.75, 3.05) is 6.61 Å². The molecule has 1 rings (SSSR count). The molecule has 1 aromatic rings. The second-order valence-corrected chi connectivity index (χ2v) is 7.94. The van der Waals surface area contributed by atoms with Gasteiger partial charge in [-0.15, -0.1) is 0 Å². The number of aliphatic carboxylic acids is 2. The third-order valence-corrected chi connectivity index (χ3v) is 5.03. The van der Waals surface area contributed by atoms with Crippen LogP contribution < -0.4 is 27.4 Å². The second kappa shape index (κ2) is 15.1. The molecule has 0 fully saturated rings. The first-order chi connectivity index (χ1) is 16.9. The van der Waals surface area contributed by atoms with Gasteiger partial charge in [0.25, 0.3) is 0 Å². The van der Waals surface area contributed by atoms with Crippen molar-refractivity contribution in [1.29, 1.82) is 0 Å². The van der Waals surface area contributed by atoms with E-state index in [9.17, 15) is 28.8 Å². The van der Waals surface area contributed by atoms with Crippen LogP contribution in [0.4, 0.5) is 0 Å². The molecule has 0 saturated heterocycles. The Labute approximate surface area is 206 Å². The smallest absolute Gasteiger partial charge is 0.328 e. The predicted octanol–water partition coefficient (Wildman–Crippen LogP) is -2.78. The number of aliphatic hydroxyl groups is 1. The molecule has 14 heteroatoms. The Balaban J connectivity index is 3.08. The summed E-state index contributed by atoms with van der Waals surface area (Å²) in [5.41, 5.74) is 11.5. The van der Waals surface area contributed by atoms with Gasteiger partial charge in [-0.3, -0.25) is 24.0 Å². The topological polar surface area (TPSA) is 251 Å². The number of carbonyl (C=O) groups excluding carboxylic acids is 4. The highest BCUT2D eigenvalue weighted by Crippen LogP contribution is 2.07. The van der Waals surface area contributed by atoms with Gasteiger partial charge < -0.3 is 42.7 Å². The number of hydrogen-bond acceptors (Lipinski definition) is 8. The molecule has 36 heavy (non-hydrogen) atoms. The van der Waals surface area contributed by atoms with Gasteiger partial charge in [0.2, 0.25) is 23.6 Å². The van der Waals surface area contributed by atoms with Gasteiger partial charge in [-0.1, -0.05) is 30.3 Å². The highest BCUT2D eigenvalue weighted by Gasteiger charge is 2.30. The molecule has 0 aromatic heterocycles. The van der Waals surface area contributed by atoms with Crippen LogP contribution in [0.1, 0.15) is 31.2 Å². The number of carboxylic acids is 2. The van der Waals surface area contributed by atoms with E-state index in [1.165, 1.54) is 0 Å². The van der Waals surface area contributed by atoms with Crippen LogP contribution in [-0.4, -0.2) is 81.7 Å². The number of nitrogens with two attached hydrogens (primary N) is 2. The summed E-state index contributed by atoms with van der Waals surface area (Å²) < 4.78 is 0. The number of nitrogens with one attached hydrogen (secondary N) is 3. The van der Waals surface area contributed by atoms with Crippen molar-refractivity contribution in [3.05, 3.63) is 35.9 Å². The van der Waals surface area contributed by atoms with Crippen molar-refractivity contribution in [1.82, 2.24) is 16.0 Å². The fourth-order valence-electron chi connectivity index (χ4n) is 3.03. The molecule has 198 valence electrons. The molecule has 0 heterocycles. The van der Waals surface area contributed by atoms with Crippen LogP contribution in [0.15, 0.2) is 30.3 Å². The molecule has 4 unspecified atom stereocenters. The lowest BCUT2D eigenvalue weighted by molar-refractivity contribution is -0.143. The molecular weight excluding hydrogens is 478 g/mol. The van der Waals surface area contributed by atoms with E-state index in [1.807, 2.05) is 0 Å². The fourth-order valence-corrected chi connectivity index (χ4v) is 3.03. The summed E-state index contributed by atoms with van der Waals surface area (Å²) in [5.74, 6) is -6.08. The maximum absolute atomic E-state index is 13.1. The summed E-state index contributed by atoms with van der Waals surface area (Å²) in [7, 11) is 0.